The molecule has 7 heteroatoms. The minimum atomic E-state index is -3.65. The molecule has 1 fully saturated rings. The molecule has 26 heavy (non-hydrogen) atoms. The first-order valence-electron chi connectivity index (χ1n) is 8.39. The van der Waals surface area contributed by atoms with Crippen LogP contribution in [0, 0.1) is 11.2 Å². The summed E-state index contributed by atoms with van der Waals surface area (Å²) in [5, 5.41) is -0.257. The summed E-state index contributed by atoms with van der Waals surface area (Å²) in [5.74, 6) is -0.713. The smallest absolute Gasteiger partial charge is 0.182 e. The average Bonchev–Trinajstić information content (AvgIpc) is 3.31. The minimum Gasteiger partial charge on any atom is -0.381 e. The topological polar surface area (TPSA) is 69.4 Å². The Hall–Kier alpha value is -1.47. The quantitative estimate of drug-likeness (QED) is 0.777. The van der Waals surface area contributed by atoms with Crippen LogP contribution in [0.25, 0.3) is 0 Å². The van der Waals surface area contributed by atoms with Gasteiger partial charge in [-0.05, 0) is 48.9 Å². The fourth-order valence-corrected chi connectivity index (χ4v) is 6.23. The Morgan fingerprint density at radius 3 is 2.31 bits per heavy atom. The minimum absolute atomic E-state index is 0.159. The van der Waals surface area contributed by atoms with Gasteiger partial charge in [0.15, 0.2) is 9.84 Å². The van der Waals surface area contributed by atoms with Crippen LogP contribution in [0.3, 0.4) is 0 Å². The molecule has 2 aromatic rings. The lowest BCUT2D eigenvalue weighted by Gasteiger charge is -2.16. The van der Waals surface area contributed by atoms with Gasteiger partial charge in [-0.1, -0.05) is 23.7 Å². The number of benzene rings is 2. The zero-order valence-corrected chi connectivity index (χ0v) is 15.9. The van der Waals surface area contributed by atoms with Gasteiger partial charge < -0.3 is 10.5 Å². The monoisotopic (exact) mass is 397 g/mol. The van der Waals surface area contributed by atoms with Gasteiger partial charge in [-0.2, -0.15) is 0 Å². The van der Waals surface area contributed by atoms with Crippen molar-refractivity contribution in [2.24, 2.45) is 11.1 Å². The predicted molar refractivity (Wildman–Crippen MR) is 99.5 cm³/mol. The molecule has 0 heterocycles. The summed E-state index contributed by atoms with van der Waals surface area (Å²) < 4.78 is 45.4. The number of hydrogen-bond donors (Lipinski definition) is 1. The van der Waals surface area contributed by atoms with Crippen LogP contribution in [0.15, 0.2) is 53.4 Å². The van der Waals surface area contributed by atoms with Gasteiger partial charge in [-0.3, -0.25) is 0 Å². The third-order valence-electron chi connectivity index (χ3n) is 5.04. The van der Waals surface area contributed by atoms with E-state index in [1.807, 2.05) is 6.92 Å². The van der Waals surface area contributed by atoms with E-state index in [1.54, 1.807) is 24.3 Å². The van der Waals surface area contributed by atoms with Crippen LogP contribution in [-0.2, 0) is 14.6 Å². The van der Waals surface area contributed by atoms with E-state index in [1.165, 1.54) is 24.3 Å². The molecule has 0 radical (unpaired) electrons. The van der Waals surface area contributed by atoms with Crippen molar-refractivity contribution in [3.63, 3.8) is 0 Å². The van der Waals surface area contributed by atoms with E-state index in [2.05, 4.69) is 0 Å². The van der Waals surface area contributed by atoms with Gasteiger partial charge in [-0.25, -0.2) is 12.8 Å². The van der Waals surface area contributed by atoms with E-state index in [9.17, 15) is 12.8 Å². The number of nitrogens with two attached hydrogens (primary N) is 1. The Balaban J connectivity index is 2.03. The maximum Gasteiger partial charge on any atom is 0.182 e. The van der Waals surface area contributed by atoms with Crippen molar-refractivity contribution >= 4 is 21.4 Å². The fourth-order valence-electron chi connectivity index (χ4n) is 3.66. The number of sulfone groups is 1. The Bertz CT molecular complexity index is 871. The van der Waals surface area contributed by atoms with E-state index >= 15 is 0 Å². The van der Waals surface area contributed by atoms with Gasteiger partial charge in [0.1, 0.15) is 5.82 Å². The second-order valence-electron chi connectivity index (χ2n) is 6.52. The lowest BCUT2D eigenvalue weighted by Crippen LogP contribution is -2.29. The van der Waals surface area contributed by atoms with E-state index in [0.29, 0.717) is 11.6 Å². The summed E-state index contributed by atoms with van der Waals surface area (Å²) in [6.45, 7) is 2.71. The van der Waals surface area contributed by atoms with Crippen molar-refractivity contribution in [3.8, 4) is 0 Å². The molecule has 3 atom stereocenters. The molecule has 0 spiro atoms. The number of rotatable bonds is 7. The van der Waals surface area contributed by atoms with Crippen LogP contribution >= 0.6 is 11.6 Å². The lowest BCUT2D eigenvalue weighted by atomic mass is 10.00. The molecule has 1 saturated carbocycles. The van der Waals surface area contributed by atoms with E-state index in [-0.39, 0.29) is 29.8 Å². The first kappa shape index (κ1) is 19.3. The third-order valence-corrected chi connectivity index (χ3v) is 7.63. The van der Waals surface area contributed by atoms with E-state index < -0.39 is 20.5 Å². The highest BCUT2D eigenvalue weighted by molar-refractivity contribution is 7.92. The molecule has 4 nitrogen and oxygen atoms in total. The number of hydrogen-bond acceptors (Lipinski definition) is 4. The van der Waals surface area contributed by atoms with Gasteiger partial charge in [0.25, 0.3) is 0 Å². The molecule has 2 N–H and O–H groups in total. The predicted octanol–water partition coefficient (Wildman–Crippen LogP) is 3.40. The van der Waals surface area contributed by atoms with Crippen LogP contribution in [-0.4, -0.2) is 33.4 Å². The zero-order chi connectivity index (χ0) is 18.9. The molecule has 0 bridgehead atoms. The number of halogens is 2. The summed E-state index contributed by atoms with van der Waals surface area (Å²) in [4.78, 5) is 0.200. The van der Waals surface area contributed by atoms with Gasteiger partial charge in [0, 0.05) is 29.5 Å². The highest BCUT2D eigenvalue weighted by Gasteiger charge is 2.70. The molecule has 0 amide bonds. The van der Waals surface area contributed by atoms with Crippen molar-refractivity contribution in [3.05, 3.63) is 64.9 Å². The van der Waals surface area contributed by atoms with Gasteiger partial charge in [0.05, 0.1) is 16.8 Å². The summed E-state index contributed by atoms with van der Waals surface area (Å²) in [6.07, 6.45) is 0. The molecule has 0 unspecified atom stereocenters. The van der Waals surface area contributed by atoms with Gasteiger partial charge in [-0.15, -0.1) is 0 Å². The van der Waals surface area contributed by atoms with Crippen molar-refractivity contribution < 1.29 is 17.5 Å². The Morgan fingerprint density at radius 1 is 1.15 bits per heavy atom. The van der Waals surface area contributed by atoms with Crippen LogP contribution in [0.5, 0.6) is 0 Å². The standard InChI is InChI=1S/C19H21ClFNO3S/c1-2-25-12-19(11-22)17(13-3-7-15(21)8-4-13)18(19)26(23,24)16-9-5-14(20)6-10-16/h3-10,17-18H,2,11-12,22H2,1H3/t17-,18-,19+/m0/s1. The SMILES string of the molecule is CCOC[C@]1(CN)[C@@H](c2ccc(F)cc2)[C@@H]1S(=O)(=O)c1ccc(Cl)cc1. The second-order valence-corrected chi connectivity index (χ2v) is 9.03. The fraction of sp³-hybridized carbons (Fsp3) is 0.368. The molecule has 1 aliphatic carbocycles. The van der Waals surface area contributed by atoms with Crippen LogP contribution in [0.2, 0.25) is 5.02 Å². The van der Waals surface area contributed by atoms with Crippen molar-refractivity contribution in [2.45, 2.75) is 23.0 Å². The summed E-state index contributed by atoms with van der Waals surface area (Å²) in [6, 6.07) is 12.0. The highest BCUT2D eigenvalue weighted by atomic mass is 35.5. The highest BCUT2D eigenvalue weighted by Crippen LogP contribution is 2.63. The van der Waals surface area contributed by atoms with Crippen molar-refractivity contribution in [1.29, 1.82) is 0 Å². The third kappa shape index (κ3) is 3.27. The van der Waals surface area contributed by atoms with Crippen LogP contribution < -0.4 is 5.73 Å². The first-order valence-corrected chi connectivity index (χ1v) is 10.3. The van der Waals surface area contributed by atoms with Gasteiger partial charge >= 0.3 is 0 Å². The molecule has 1 aliphatic rings. The molecule has 0 saturated heterocycles. The lowest BCUT2D eigenvalue weighted by molar-refractivity contribution is 0.101. The normalized spacial score (nSPS) is 25.2. The van der Waals surface area contributed by atoms with Crippen LogP contribution in [0.1, 0.15) is 18.4 Å². The molecule has 0 aliphatic heterocycles. The second kappa shape index (κ2) is 7.27. The largest absolute Gasteiger partial charge is 0.381 e. The first-order chi connectivity index (χ1) is 12.4. The van der Waals surface area contributed by atoms with Crippen molar-refractivity contribution in [2.75, 3.05) is 19.8 Å². The maximum atomic E-state index is 13.3. The summed E-state index contributed by atoms with van der Waals surface area (Å²) in [5.41, 5.74) is 6.04. The van der Waals surface area contributed by atoms with Crippen molar-refractivity contribution in [1.82, 2.24) is 0 Å². The zero-order valence-electron chi connectivity index (χ0n) is 14.4. The Labute approximate surface area is 158 Å². The molecule has 0 aromatic heterocycles. The van der Waals surface area contributed by atoms with Crippen LogP contribution in [0.4, 0.5) is 4.39 Å². The maximum absolute atomic E-state index is 13.3. The van der Waals surface area contributed by atoms with E-state index in [4.69, 9.17) is 22.1 Å². The molecule has 140 valence electrons. The number of ether oxygens (including phenoxy) is 1. The average molecular weight is 398 g/mol. The Kier molecular flexibility index (Phi) is 5.40. The van der Waals surface area contributed by atoms with E-state index in [0.717, 1.165) is 5.56 Å². The van der Waals surface area contributed by atoms with Gasteiger partial charge in [0.2, 0.25) is 0 Å². The summed E-state index contributed by atoms with van der Waals surface area (Å²) in [7, 11) is -3.65. The molecular formula is C19H21ClFNO3S. The molecule has 3 rings (SSSR count). The molecular weight excluding hydrogens is 377 g/mol. The molecule has 2 aromatic carbocycles. The Morgan fingerprint density at radius 2 is 1.77 bits per heavy atom. The summed E-state index contributed by atoms with van der Waals surface area (Å²) >= 11 is 5.88.